The van der Waals surface area contributed by atoms with Crippen LogP contribution in [0.5, 0.6) is 5.75 Å². The van der Waals surface area contributed by atoms with Gasteiger partial charge in [0.2, 0.25) is 5.91 Å². The molecule has 6 heteroatoms. The first kappa shape index (κ1) is 18.5. The van der Waals surface area contributed by atoms with Crippen LogP contribution >= 0.6 is 0 Å². The molecule has 6 nitrogen and oxygen atoms in total. The number of likely N-dealkylation sites (tertiary alicyclic amines) is 1. The van der Waals surface area contributed by atoms with Crippen molar-refractivity contribution in [2.75, 3.05) is 25.0 Å². The Kier molecular flexibility index (Phi) is 5.58. The molecule has 1 atom stereocenters. The molecule has 2 amide bonds. The van der Waals surface area contributed by atoms with Crippen molar-refractivity contribution in [2.24, 2.45) is 0 Å². The fraction of sp³-hybridized carbons (Fsp3) is 0.364. The van der Waals surface area contributed by atoms with Crippen molar-refractivity contribution in [1.82, 2.24) is 10.2 Å². The number of carbonyl (C=O) groups is 2. The van der Waals surface area contributed by atoms with Gasteiger partial charge >= 0.3 is 0 Å². The van der Waals surface area contributed by atoms with Gasteiger partial charge in [0.05, 0.1) is 6.54 Å². The highest BCUT2D eigenvalue weighted by Crippen LogP contribution is 2.28. The van der Waals surface area contributed by atoms with Gasteiger partial charge in [-0.25, -0.2) is 0 Å². The van der Waals surface area contributed by atoms with Crippen molar-refractivity contribution in [3.05, 3.63) is 60.2 Å². The summed E-state index contributed by atoms with van der Waals surface area (Å²) in [6.07, 6.45) is 1.86. The lowest BCUT2D eigenvalue weighted by Crippen LogP contribution is -2.49. The molecular formula is C22H25N3O3. The van der Waals surface area contributed by atoms with Crippen LogP contribution in [0.4, 0.5) is 5.69 Å². The first-order valence-corrected chi connectivity index (χ1v) is 9.79. The van der Waals surface area contributed by atoms with Crippen LogP contribution in [0, 0.1) is 0 Å². The van der Waals surface area contributed by atoms with Gasteiger partial charge in [0.15, 0.2) is 6.10 Å². The molecule has 2 N–H and O–H groups in total. The van der Waals surface area contributed by atoms with Crippen LogP contribution in [-0.2, 0) is 16.0 Å². The van der Waals surface area contributed by atoms with Crippen LogP contribution in [0.25, 0.3) is 0 Å². The number of ether oxygens (including phenoxy) is 1. The zero-order valence-electron chi connectivity index (χ0n) is 15.8. The number of hydrogen-bond acceptors (Lipinski definition) is 4. The molecule has 2 heterocycles. The minimum Gasteiger partial charge on any atom is -0.480 e. The number of para-hydroxylation sites is 2. The summed E-state index contributed by atoms with van der Waals surface area (Å²) in [5, 5.41) is 6.03. The van der Waals surface area contributed by atoms with Crippen LogP contribution < -0.4 is 15.4 Å². The van der Waals surface area contributed by atoms with Crippen molar-refractivity contribution in [3.8, 4) is 5.75 Å². The van der Waals surface area contributed by atoms with Crippen molar-refractivity contribution in [2.45, 2.75) is 31.4 Å². The van der Waals surface area contributed by atoms with Crippen LogP contribution in [0.2, 0.25) is 0 Å². The maximum absolute atomic E-state index is 12.5. The normalized spacial score (nSPS) is 19.5. The molecule has 2 aliphatic rings. The smallest absolute Gasteiger partial charge is 0.261 e. The number of fused-ring (bicyclic) bond motifs is 1. The summed E-state index contributed by atoms with van der Waals surface area (Å²) in [6.45, 7) is 1.95. The summed E-state index contributed by atoms with van der Waals surface area (Å²) in [6, 6.07) is 17.4. The van der Waals surface area contributed by atoms with E-state index in [9.17, 15) is 9.59 Å². The second-order valence-corrected chi connectivity index (χ2v) is 7.39. The average molecular weight is 379 g/mol. The zero-order valence-corrected chi connectivity index (χ0v) is 15.8. The molecule has 0 aliphatic carbocycles. The molecule has 2 aromatic carbocycles. The molecule has 0 saturated carbocycles. The van der Waals surface area contributed by atoms with Crippen molar-refractivity contribution in [3.63, 3.8) is 0 Å². The van der Waals surface area contributed by atoms with Gasteiger partial charge in [0.1, 0.15) is 5.75 Å². The first-order valence-electron chi connectivity index (χ1n) is 9.79. The molecule has 1 saturated heterocycles. The monoisotopic (exact) mass is 379 g/mol. The molecule has 28 heavy (non-hydrogen) atoms. The topological polar surface area (TPSA) is 70.7 Å². The number of anilines is 1. The van der Waals surface area contributed by atoms with Crippen LogP contribution in [0.1, 0.15) is 18.4 Å². The van der Waals surface area contributed by atoms with E-state index in [1.807, 2.05) is 54.6 Å². The summed E-state index contributed by atoms with van der Waals surface area (Å²) >= 11 is 0. The molecular weight excluding hydrogens is 354 g/mol. The number of benzene rings is 2. The summed E-state index contributed by atoms with van der Waals surface area (Å²) < 4.78 is 5.77. The number of nitrogens with one attached hydrogen (secondary N) is 2. The number of rotatable bonds is 5. The Bertz CT molecular complexity index is 807. The number of hydrogen-bond donors (Lipinski definition) is 2. The lowest BCUT2D eigenvalue weighted by atomic mass is 10.0. The average Bonchev–Trinajstić information content (AvgIpc) is 3.15. The molecule has 0 aromatic heterocycles. The summed E-state index contributed by atoms with van der Waals surface area (Å²) in [5.74, 6) is 0.754. The fourth-order valence-electron chi connectivity index (χ4n) is 3.78. The largest absolute Gasteiger partial charge is 0.480 e. The van der Waals surface area contributed by atoms with Crippen molar-refractivity contribution in [1.29, 1.82) is 0 Å². The van der Waals surface area contributed by atoms with Gasteiger partial charge in [-0.3, -0.25) is 14.5 Å². The van der Waals surface area contributed by atoms with E-state index in [2.05, 4.69) is 15.5 Å². The second-order valence-electron chi connectivity index (χ2n) is 7.39. The van der Waals surface area contributed by atoms with Gasteiger partial charge in [0, 0.05) is 31.2 Å². The molecule has 146 valence electrons. The van der Waals surface area contributed by atoms with E-state index in [0.29, 0.717) is 13.0 Å². The lowest BCUT2D eigenvalue weighted by molar-refractivity contribution is -0.128. The van der Waals surface area contributed by atoms with Crippen molar-refractivity contribution >= 4 is 17.5 Å². The highest BCUT2D eigenvalue weighted by Gasteiger charge is 2.31. The number of amides is 2. The van der Waals surface area contributed by atoms with Gasteiger partial charge in [-0.05, 0) is 36.6 Å². The Morgan fingerprint density at radius 1 is 1.00 bits per heavy atom. The highest BCUT2D eigenvalue weighted by atomic mass is 16.5. The molecule has 2 aromatic rings. The van der Waals surface area contributed by atoms with Gasteiger partial charge in [-0.2, -0.15) is 0 Å². The van der Waals surface area contributed by atoms with E-state index in [1.54, 1.807) is 0 Å². The Hall–Kier alpha value is -2.86. The van der Waals surface area contributed by atoms with Crippen LogP contribution in [-0.4, -0.2) is 48.5 Å². The van der Waals surface area contributed by atoms with Gasteiger partial charge < -0.3 is 15.4 Å². The third-order valence-electron chi connectivity index (χ3n) is 5.30. The SMILES string of the molecule is O=C(CN1CCC(NC(=O)C2Cc3ccccc3O2)CC1)Nc1ccccc1. The number of carbonyl (C=O) groups excluding carboxylic acids is 2. The summed E-state index contributed by atoms with van der Waals surface area (Å²) in [5.41, 5.74) is 1.90. The Balaban J connectivity index is 1.19. The predicted molar refractivity (Wildman–Crippen MR) is 107 cm³/mol. The Morgan fingerprint density at radius 2 is 1.71 bits per heavy atom. The minimum atomic E-state index is -0.438. The molecule has 2 aliphatic heterocycles. The van der Waals surface area contributed by atoms with E-state index in [1.165, 1.54) is 0 Å². The van der Waals surface area contributed by atoms with E-state index in [4.69, 9.17) is 4.74 Å². The Labute approximate surface area is 164 Å². The molecule has 0 spiro atoms. The lowest BCUT2D eigenvalue weighted by Gasteiger charge is -2.32. The highest BCUT2D eigenvalue weighted by molar-refractivity contribution is 5.92. The third-order valence-corrected chi connectivity index (χ3v) is 5.30. The molecule has 1 unspecified atom stereocenters. The van der Waals surface area contributed by atoms with E-state index >= 15 is 0 Å². The summed E-state index contributed by atoms with van der Waals surface area (Å²) in [7, 11) is 0. The number of nitrogens with zero attached hydrogens (tertiary/aromatic N) is 1. The second kappa shape index (κ2) is 8.44. The molecule has 1 fully saturated rings. The maximum atomic E-state index is 12.5. The number of piperidine rings is 1. The van der Waals surface area contributed by atoms with Gasteiger partial charge in [-0.15, -0.1) is 0 Å². The minimum absolute atomic E-state index is 0.00851. The molecule has 0 bridgehead atoms. The fourth-order valence-corrected chi connectivity index (χ4v) is 3.78. The van der Waals surface area contributed by atoms with E-state index in [-0.39, 0.29) is 17.9 Å². The van der Waals surface area contributed by atoms with E-state index < -0.39 is 6.10 Å². The molecule has 4 rings (SSSR count). The maximum Gasteiger partial charge on any atom is 0.261 e. The van der Waals surface area contributed by atoms with Gasteiger partial charge in [-0.1, -0.05) is 36.4 Å². The van der Waals surface area contributed by atoms with Crippen LogP contribution in [0.3, 0.4) is 0 Å². The Morgan fingerprint density at radius 3 is 2.46 bits per heavy atom. The predicted octanol–water partition coefficient (Wildman–Crippen LogP) is 2.21. The standard InChI is InChI=1S/C22H25N3O3/c26-21(23-17-7-2-1-3-8-17)15-25-12-10-18(11-13-25)24-22(27)20-14-16-6-4-5-9-19(16)28-20/h1-9,18,20H,10-15H2,(H,23,26)(H,24,27). The van der Waals surface area contributed by atoms with Crippen molar-refractivity contribution < 1.29 is 14.3 Å². The molecule has 0 radical (unpaired) electrons. The van der Waals surface area contributed by atoms with Crippen LogP contribution in [0.15, 0.2) is 54.6 Å². The van der Waals surface area contributed by atoms with E-state index in [0.717, 1.165) is 42.9 Å². The van der Waals surface area contributed by atoms with Gasteiger partial charge in [0.25, 0.3) is 5.91 Å². The quantitative estimate of drug-likeness (QED) is 0.836. The first-order chi connectivity index (χ1) is 13.7. The third kappa shape index (κ3) is 4.51. The summed E-state index contributed by atoms with van der Waals surface area (Å²) in [4.78, 5) is 26.8. The zero-order chi connectivity index (χ0) is 19.3.